The molecule has 9 nitrogen and oxygen atoms in total. The van der Waals surface area contributed by atoms with E-state index in [4.69, 9.17) is 18.9 Å². The van der Waals surface area contributed by atoms with Crippen molar-refractivity contribution in [2.45, 2.75) is 149 Å². The topological polar surface area (TPSA) is 129 Å². The molecule has 0 aromatic carbocycles. The monoisotopic (exact) mass is 632 g/mol. The van der Waals surface area contributed by atoms with Gasteiger partial charge < -0.3 is 34.0 Å². The molecule has 5 aliphatic carbocycles. The van der Waals surface area contributed by atoms with Gasteiger partial charge in [-0.1, -0.05) is 34.6 Å². The van der Waals surface area contributed by atoms with Gasteiger partial charge >= 0.3 is 5.97 Å². The summed E-state index contributed by atoms with van der Waals surface area (Å²) in [6, 6.07) is 0. The Kier molecular flexibility index (Phi) is 8.05. The normalized spacial score (nSPS) is 49.2. The quantitative estimate of drug-likeness (QED) is 0.212. The van der Waals surface area contributed by atoms with E-state index in [-0.39, 0.29) is 57.7 Å². The highest BCUT2D eigenvalue weighted by molar-refractivity contribution is 5.66. The van der Waals surface area contributed by atoms with Crippen LogP contribution in [0, 0.1) is 50.7 Å². The number of carbonyl (C=O) groups is 3. The standard InChI is InChI=1S/C36H56O9/c1-20-17-22(30(32(5,6)41)43-21(2)39)44-28-27(20)33(7)13-14-36-19-35(36)12-11-25(45-26(18-38)42-16-15-37)31(3,4)23(35)9-10-24(36)34(33,8)29(28)40/h15,18,20,22-30,40-41H,9-14,16-17,19H2,1-8H3/t20-,22-,23+,24+,25+,26+,27+,28+,29+,30+,33-,34-,35-,36+/m1/s1. The summed E-state index contributed by atoms with van der Waals surface area (Å²) in [7, 11) is 0. The van der Waals surface area contributed by atoms with Crippen LogP contribution in [0.3, 0.4) is 0 Å². The number of hydrogen-bond donors (Lipinski definition) is 2. The van der Waals surface area contributed by atoms with Crippen LogP contribution in [0.25, 0.3) is 0 Å². The lowest BCUT2D eigenvalue weighted by Crippen LogP contribution is -2.60. The summed E-state index contributed by atoms with van der Waals surface area (Å²) in [5, 5.41) is 23.4. The number of ether oxygens (including phenoxy) is 4. The van der Waals surface area contributed by atoms with Crippen LogP contribution in [0.15, 0.2) is 0 Å². The number of esters is 1. The van der Waals surface area contributed by atoms with Crippen molar-refractivity contribution in [3.63, 3.8) is 0 Å². The van der Waals surface area contributed by atoms with Gasteiger partial charge in [-0.25, -0.2) is 0 Å². The molecule has 1 saturated heterocycles. The lowest BCUT2D eigenvalue weighted by atomic mass is 9.41. The number of fused-ring (bicyclic) bond motifs is 4. The Morgan fingerprint density at radius 1 is 1.04 bits per heavy atom. The molecule has 6 fully saturated rings. The molecule has 5 saturated carbocycles. The molecule has 0 radical (unpaired) electrons. The molecule has 6 aliphatic rings. The highest BCUT2D eigenvalue weighted by Gasteiger charge is 2.84. The Morgan fingerprint density at radius 3 is 2.33 bits per heavy atom. The van der Waals surface area contributed by atoms with E-state index in [9.17, 15) is 24.6 Å². The maximum absolute atomic E-state index is 12.5. The largest absolute Gasteiger partial charge is 0.457 e. The first-order valence-corrected chi connectivity index (χ1v) is 17.3. The predicted octanol–water partition coefficient (Wildman–Crippen LogP) is 4.63. The molecule has 1 aliphatic heterocycles. The van der Waals surface area contributed by atoms with Gasteiger partial charge in [0.2, 0.25) is 6.29 Å². The summed E-state index contributed by atoms with van der Waals surface area (Å²) in [6.07, 6.45) is 5.71. The molecule has 0 unspecified atom stereocenters. The molecule has 2 N–H and O–H groups in total. The minimum absolute atomic E-state index is 0.109. The molecule has 0 aromatic heterocycles. The van der Waals surface area contributed by atoms with E-state index in [2.05, 4.69) is 34.6 Å². The first-order valence-electron chi connectivity index (χ1n) is 17.3. The lowest BCUT2D eigenvalue weighted by Gasteiger charge is -2.63. The van der Waals surface area contributed by atoms with E-state index in [0.29, 0.717) is 30.8 Å². The molecule has 9 heteroatoms. The lowest BCUT2D eigenvalue weighted by molar-refractivity contribution is -0.224. The second-order valence-electron chi connectivity index (χ2n) is 17.4. The number of aliphatic hydroxyl groups excluding tert-OH is 1. The second-order valence-corrected chi connectivity index (χ2v) is 17.4. The third kappa shape index (κ3) is 4.53. The van der Waals surface area contributed by atoms with Gasteiger partial charge in [0.25, 0.3) is 0 Å². The van der Waals surface area contributed by atoms with E-state index in [0.717, 1.165) is 38.5 Å². The van der Waals surface area contributed by atoms with E-state index in [1.165, 1.54) is 13.3 Å². The van der Waals surface area contributed by atoms with Gasteiger partial charge in [0.15, 0.2) is 12.4 Å². The van der Waals surface area contributed by atoms with Crippen molar-refractivity contribution in [2.24, 2.45) is 50.7 Å². The highest BCUT2D eigenvalue weighted by Crippen LogP contribution is 2.89. The highest BCUT2D eigenvalue weighted by atomic mass is 16.7. The van der Waals surface area contributed by atoms with Crippen molar-refractivity contribution in [1.82, 2.24) is 0 Å². The van der Waals surface area contributed by atoms with Gasteiger partial charge in [-0.05, 0) is 111 Å². The van der Waals surface area contributed by atoms with Crippen molar-refractivity contribution in [3.05, 3.63) is 0 Å². The van der Waals surface area contributed by atoms with Gasteiger partial charge in [0.05, 0.1) is 30.0 Å². The van der Waals surface area contributed by atoms with Crippen LogP contribution >= 0.6 is 0 Å². The van der Waals surface area contributed by atoms with Crippen molar-refractivity contribution < 1.29 is 43.5 Å². The zero-order valence-corrected chi connectivity index (χ0v) is 28.5. The summed E-state index contributed by atoms with van der Waals surface area (Å²) in [5.74, 6) is 0.748. The number of aliphatic hydroxyl groups is 2. The Hall–Kier alpha value is -1.39. The van der Waals surface area contributed by atoms with Crippen molar-refractivity contribution in [2.75, 3.05) is 6.61 Å². The fourth-order valence-corrected chi connectivity index (χ4v) is 13.0. The van der Waals surface area contributed by atoms with E-state index in [1.807, 2.05) is 0 Å². The third-order valence-electron chi connectivity index (χ3n) is 14.8. The van der Waals surface area contributed by atoms with Gasteiger partial charge in [0.1, 0.15) is 12.9 Å². The van der Waals surface area contributed by atoms with Crippen LogP contribution in [0.4, 0.5) is 0 Å². The van der Waals surface area contributed by atoms with Gasteiger partial charge in [-0.2, -0.15) is 0 Å². The van der Waals surface area contributed by atoms with Crippen molar-refractivity contribution in [3.8, 4) is 0 Å². The van der Waals surface area contributed by atoms with Crippen molar-refractivity contribution >= 4 is 18.5 Å². The Balaban J connectivity index is 1.27. The summed E-state index contributed by atoms with van der Waals surface area (Å²) >= 11 is 0. The average molecular weight is 633 g/mol. The van der Waals surface area contributed by atoms with Crippen LogP contribution < -0.4 is 0 Å². The molecule has 14 atom stereocenters. The molecule has 254 valence electrons. The Morgan fingerprint density at radius 2 is 1.71 bits per heavy atom. The Bertz CT molecular complexity index is 1200. The molecule has 0 amide bonds. The molecule has 0 aromatic rings. The second kappa shape index (κ2) is 10.8. The third-order valence-corrected chi connectivity index (χ3v) is 14.8. The molecular weight excluding hydrogens is 576 g/mol. The zero-order chi connectivity index (χ0) is 33.0. The number of carbonyl (C=O) groups excluding carboxylic acids is 3. The van der Waals surface area contributed by atoms with Gasteiger partial charge in [-0.3, -0.25) is 9.59 Å². The van der Waals surface area contributed by atoms with Crippen LogP contribution in [0.5, 0.6) is 0 Å². The van der Waals surface area contributed by atoms with Crippen LogP contribution in [-0.2, 0) is 33.3 Å². The fourth-order valence-electron chi connectivity index (χ4n) is 13.0. The summed E-state index contributed by atoms with van der Waals surface area (Å²) in [4.78, 5) is 34.6. The molecule has 0 bridgehead atoms. The van der Waals surface area contributed by atoms with Crippen LogP contribution in [0.1, 0.15) is 107 Å². The maximum Gasteiger partial charge on any atom is 0.303 e. The molecule has 2 spiro atoms. The minimum Gasteiger partial charge on any atom is -0.457 e. The number of hydrogen-bond acceptors (Lipinski definition) is 9. The summed E-state index contributed by atoms with van der Waals surface area (Å²) < 4.78 is 24.0. The van der Waals surface area contributed by atoms with Crippen LogP contribution in [-0.4, -0.2) is 77.8 Å². The number of aldehydes is 2. The van der Waals surface area contributed by atoms with Crippen molar-refractivity contribution in [1.29, 1.82) is 0 Å². The molecule has 6 rings (SSSR count). The molecular formula is C36H56O9. The zero-order valence-electron chi connectivity index (χ0n) is 28.5. The Labute approximate surface area is 268 Å². The minimum atomic E-state index is -1.28. The number of rotatable bonds is 9. The van der Waals surface area contributed by atoms with E-state index in [1.54, 1.807) is 13.8 Å². The predicted molar refractivity (Wildman–Crippen MR) is 165 cm³/mol. The van der Waals surface area contributed by atoms with Gasteiger partial charge in [0, 0.05) is 12.3 Å². The maximum atomic E-state index is 12.5. The van der Waals surface area contributed by atoms with Gasteiger partial charge in [-0.15, -0.1) is 0 Å². The van der Waals surface area contributed by atoms with Crippen LogP contribution in [0.2, 0.25) is 0 Å². The smallest absolute Gasteiger partial charge is 0.303 e. The first-order chi connectivity index (χ1) is 20.9. The SMILES string of the molecule is CC(=O)O[C@@H]([C@H]1C[C@@H](C)[C@H]2[C@H](O1)[C@H](O)[C@@]1(C)[C@@H]3CC[C@H]4C(C)(C)[C@@H](O[C@@H](C=O)OCC=O)CC[C@@]45C[C@@]35CC[C@]21C)C(C)(C)O. The average Bonchev–Trinajstić information content (AvgIpc) is 3.59. The summed E-state index contributed by atoms with van der Waals surface area (Å²) in [5.41, 5.74) is -1.55. The molecule has 1 heterocycles. The summed E-state index contributed by atoms with van der Waals surface area (Å²) in [6.45, 7) is 16.1. The van der Waals surface area contributed by atoms with E-state index >= 15 is 0 Å². The first kappa shape index (κ1) is 33.5. The molecule has 45 heavy (non-hydrogen) atoms. The fraction of sp³-hybridized carbons (Fsp3) is 0.917. The van der Waals surface area contributed by atoms with E-state index < -0.39 is 36.2 Å².